The molecule has 0 unspecified atom stereocenters. The van der Waals surface area contributed by atoms with Gasteiger partial charge in [-0.2, -0.15) is 0 Å². The fourth-order valence-electron chi connectivity index (χ4n) is 1.65. The monoisotopic (exact) mass is 410 g/mol. The van der Waals surface area contributed by atoms with Gasteiger partial charge in [0.05, 0.1) is 10.1 Å². The molecule has 0 fully saturated rings. The van der Waals surface area contributed by atoms with Crippen LogP contribution in [0.5, 0.6) is 0 Å². The molecule has 0 aliphatic heterocycles. The fourth-order valence-corrected chi connectivity index (χ4v) is 2.82. The molecule has 0 radical (unpaired) electrons. The molecule has 0 N–H and O–H groups in total. The quantitative estimate of drug-likeness (QED) is 0.714. The van der Waals surface area contributed by atoms with E-state index in [0.717, 1.165) is 4.57 Å². The Hall–Kier alpha value is -0.790. The van der Waals surface area contributed by atoms with Crippen LogP contribution < -0.4 is 11.2 Å². The number of aromatic nitrogens is 2. The highest BCUT2D eigenvalue weighted by atomic mass is 127. The van der Waals surface area contributed by atoms with E-state index in [4.69, 9.17) is 23.2 Å². The van der Waals surface area contributed by atoms with E-state index in [1.54, 1.807) is 25.2 Å². The highest BCUT2D eigenvalue weighted by Gasteiger charge is 2.10. The summed E-state index contributed by atoms with van der Waals surface area (Å²) in [5.74, 6) is 0. The maximum Gasteiger partial charge on any atom is 0.331 e. The molecule has 4 nitrogen and oxygen atoms in total. The lowest BCUT2D eigenvalue weighted by molar-refractivity contribution is 0.634. The van der Waals surface area contributed by atoms with Crippen molar-refractivity contribution < 1.29 is 0 Å². The highest BCUT2D eigenvalue weighted by Crippen LogP contribution is 2.21. The number of halogens is 3. The smallest absolute Gasteiger partial charge is 0.302 e. The van der Waals surface area contributed by atoms with Crippen LogP contribution in [0.1, 0.15) is 5.56 Å². The van der Waals surface area contributed by atoms with Crippen molar-refractivity contribution in [3.05, 3.63) is 64.4 Å². The molecule has 0 atom stereocenters. The first-order chi connectivity index (χ1) is 8.90. The Morgan fingerprint density at radius 1 is 1.26 bits per heavy atom. The molecule has 0 aliphatic rings. The summed E-state index contributed by atoms with van der Waals surface area (Å²) in [6.07, 6.45) is 1.51. The summed E-state index contributed by atoms with van der Waals surface area (Å²) in [7, 11) is 1.60. The van der Waals surface area contributed by atoms with E-state index in [2.05, 4.69) is 0 Å². The summed E-state index contributed by atoms with van der Waals surface area (Å²) in [4.78, 5) is 24.0. The molecule has 2 aromatic rings. The van der Waals surface area contributed by atoms with E-state index in [1.807, 2.05) is 22.6 Å². The maximum atomic E-state index is 12.0. The predicted octanol–water partition coefficient (Wildman–Crippen LogP) is 2.51. The average Bonchev–Trinajstić information content (AvgIpc) is 2.34. The van der Waals surface area contributed by atoms with Gasteiger partial charge in [0, 0.05) is 23.3 Å². The summed E-state index contributed by atoms with van der Waals surface area (Å²) in [5.41, 5.74) is -0.0292. The molecular weight excluding hydrogens is 402 g/mol. The third-order valence-electron chi connectivity index (χ3n) is 2.63. The molecule has 2 rings (SSSR count). The van der Waals surface area contributed by atoms with Crippen molar-refractivity contribution in [2.45, 2.75) is 6.54 Å². The number of rotatable bonds is 2. The molecule has 0 amide bonds. The van der Waals surface area contributed by atoms with Gasteiger partial charge in [0.25, 0.3) is 5.56 Å². The van der Waals surface area contributed by atoms with Gasteiger partial charge in [0.15, 0.2) is 0 Å². The molecule has 1 aromatic heterocycles. The van der Waals surface area contributed by atoms with Gasteiger partial charge in [0.1, 0.15) is 0 Å². The molecule has 0 aliphatic carbocycles. The molecule has 100 valence electrons. The van der Waals surface area contributed by atoms with E-state index in [1.165, 1.54) is 10.8 Å². The van der Waals surface area contributed by atoms with E-state index < -0.39 is 0 Å². The molecule has 0 saturated heterocycles. The van der Waals surface area contributed by atoms with Gasteiger partial charge in [-0.15, -0.1) is 0 Å². The molecule has 0 bridgehead atoms. The Kier molecular flexibility index (Phi) is 4.37. The number of hydrogen-bond acceptors (Lipinski definition) is 2. The van der Waals surface area contributed by atoms with E-state index in [9.17, 15) is 9.59 Å². The lowest BCUT2D eigenvalue weighted by Crippen LogP contribution is -2.40. The van der Waals surface area contributed by atoms with Crippen molar-refractivity contribution in [2.75, 3.05) is 0 Å². The highest BCUT2D eigenvalue weighted by molar-refractivity contribution is 14.1. The van der Waals surface area contributed by atoms with Crippen LogP contribution in [0.25, 0.3) is 0 Å². The van der Waals surface area contributed by atoms with Crippen molar-refractivity contribution in [3.63, 3.8) is 0 Å². The first-order valence-electron chi connectivity index (χ1n) is 5.30. The summed E-state index contributed by atoms with van der Waals surface area (Å²) in [6.45, 7) is 0.123. The van der Waals surface area contributed by atoms with Crippen LogP contribution in [0.15, 0.2) is 34.0 Å². The third-order valence-corrected chi connectivity index (χ3v) is 3.96. The minimum Gasteiger partial charge on any atom is -0.302 e. The van der Waals surface area contributed by atoms with Crippen molar-refractivity contribution in [2.24, 2.45) is 7.05 Å². The Balaban J connectivity index is 2.56. The maximum absolute atomic E-state index is 12.0. The van der Waals surface area contributed by atoms with E-state index in [-0.39, 0.29) is 17.8 Å². The second-order valence-electron chi connectivity index (χ2n) is 4.00. The van der Waals surface area contributed by atoms with Crippen molar-refractivity contribution in [1.82, 2.24) is 9.13 Å². The molecule has 1 heterocycles. The van der Waals surface area contributed by atoms with Crippen molar-refractivity contribution in [1.29, 1.82) is 0 Å². The van der Waals surface area contributed by atoms with Crippen LogP contribution >= 0.6 is 45.8 Å². The minimum absolute atomic E-state index is 0.123. The van der Waals surface area contributed by atoms with Gasteiger partial charge in [-0.25, -0.2) is 4.79 Å². The Morgan fingerprint density at radius 3 is 2.58 bits per heavy atom. The van der Waals surface area contributed by atoms with Crippen molar-refractivity contribution >= 4 is 45.8 Å². The third kappa shape index (κ3) is 3.04. The number of hydrogen-bond donors (Lipinski definition) is 0. The summed E-state index contributed by atoms with van der Waals surface area (Å²) >= 11 is 13.8. The van der Waals surface area contributed by atoms with Crippen molar-refractivity contribution in [3.8, 4) is 0 Å². The molecule has 0 spiro atoms. The normalized spacial score (nSPS) is 10.7. The fraction of sp³-hybridized carbons (Fsp3) is 0.167. The number of benzene rings is 1. The molecule has 7 heteroatoms. The summed E-state index contributed by atoms with van der Waals surface area (Å²) < 4.78 is 2.99. The summed E-state index contributed by atoms with van der Waals surface area (Å²) in [5, 5.41) is 0.942. The number of nitrogens with zero attached hydrogens (tertiary/aromatic N) is 2. The zero-order valence-corrected chi connectivity index (χ0v) is 13.5. The van der Waals surface area contributed by atoms with Crippen LogP contribution in [0.4, 0.5) is 0 Å². The minimum atomic E-state index is -0.378. The molecular formula is C12H9Cl2IN2O2. The van der Waals surface area contributed by atoms with E-state index in [0.29, 0.717) is 19.2 Å². The van der Waals surface area contributed by atoms with Crippen LogP contribution in [0.2, 0.25) is 10.0 Å². The van der Waals surface area contributed by atoms with Gasteiger partial charge in [0.2, 0.25) is 0 Å². The SMILES string of the molecule is Cn1cc(I)c(=O)n(Cc2ccc(Cl)cc2Cl)c1=O. The zero-order chi connectivity index (χ0) is 14.2. The molecule has 19 heavy (non-hydrogen) atoms. The second kappa shape index (κ2) is 5.68. The van der Waals surface area contributed by atoms with Gasteiger partial charge in [-0.1, -0.05) is 29.3 Å². The lowest BCUT2D eigenvalue weighted by atomic mass is 10.2. The standard InChI is InChI=1S/C12H9Cl2IN2O2/c1-16-6-10(15)11(18)17(12(16)19)5-7-2-3-8(13)4-9(7)14/h2-4,6H,5H2,1H3. The molecule has 1 aromatic carbocycles. The Labute approximate surface area is 132 Å². The first-order valence-corrected chi connectivity index (χ1v) is 7.13. The van der Waals surface area contributed by atoms with Crippen LogP contribution in [0.3, 0.4) is 0 Å². The second-order valence-corrected chi connectivity index (χ2v) is 6.00. The van der Waals surface area contributed by atoms with E-state index >= 15 is 0 Å². The van der Waals surface area contributed by atoms with Crippen LogP contribution in [-0.2, 0) is 13.6 Å². The summed E-state index contributed by atoms with van der Waals surface area (Å²) in [6, 6.07) is 4.96. The van der Waals surface area contributed by atoms with Gasteiger partial charge >= 0.3 is 5.69 Å². The average molecular weight is 411 g/mol. The Bertz CT molecular complexity index is 718. The van der Waals surface area contributed by atoms with Gasteiger partial charge < -0.3 is 4.57 Å². The van der Waals surface area contributed by atoms with Gasteiger partial charge in [-0.3, -0.25) is 9.36 Å². The Morgan fingerprint density at radius 2 is 1.95 bits per heavy atom. The molecule has 0 saturated carbocycles. The zero-order valence-electron chi connectivity index (χ0n) is 9.86. The largest absolute Gasteiger partial charge is 0.331 e. The van der Waals surface area contributed by atoms with Gasteiger partial charge in [-0.05, 0) is 40.3 Å². The van der Waals surface area contributed by atoms with Crippen LogP contribution in [-0.4, -0.2) is 9.13 Å². The topological polar surface area (TPSA) is 44.0 Å². The predicted molar refractivity (Wildman–Crippen MR) is 84.2 cm³/mol. The lowest BCUT2D eigenvalue weighted by Gasteiger charge is -2.09. The first kappa shape index (κ1) is 14.6. The number of aryl methyl sites for hydroxylation is 1. The van der Waals surface area contributed by atoms with Crippen LogP contribution in [0, 0.1) is 3.57 Å².